The third-order valence-electron chi connectivity index (χ3n) is 3.71. The summed E-state index contributed by atoms with van der Waals surface area (Å²) in [4.78, 5) is 12.6. The summed E-state index contributed by atoms with van der Waals surface area (Å²) in [5.41, 5.74) is 7.49. The minimum atomic E-state index is -0.442. The van der Waals surface area contributed by atoms with Gasteiger partial charge in [-0.25, -0.2) is 0 Å². The Morgan fingerprint density at radius 2 is 2.04 bits per heavy atom. The highest BCUT2D eigenvalue weighted by atomic mass is 79.9. The molecule has 1 unspecified atom stereocenters. The molecule has 0 saturated heterocycles. The largest absolute Gasteiger partial charge is 0.344 e. The van der Waals surface area contributed by atoms with Crippen LogP contribution in [0.1, 0.15) is 37.7 Å². The third kappa shape index (κ3) is 4.20. The van der Waals surface area contributed by atoms with Crippen LogP contribution in [0.5, 0.6) is 0 Å². The van der Waals surface area contributed by atoms with E-state index in [4.69, 9.17) is 5.73 Å². The molecular formula is C17H23BrN4O. The van der Waals surface area contributed by atoms with Gasteiger partial charge >= 0.3 is 0 Å². The van der Waals surface area contributed by atoms with Crippen LogP contribution in [0.3, 0.4) is 0 Å². The molecule has 1 aromatic carbocycles. The minimum Gasteiger partial charge on any atom is -0.344 e. The number of hydrogen-bond donors (Lipinski definition) is 3. The van der Waals surface area contributed by atoms with Crippen LogP contribution in [0.25, 0.3) is 11.3 Å². The SMILES string of the molecule is CC(C)CC(C)(CN)NC(=O)c1[nH]nc(-c2ccccc2)c1Br. The number of nitrogens with one attached hydrogen (secondary N) is 2. The number of nitrogens with two attached hydrogens (primary N) is 1. The lowest BCUT2D eigenvalue weighted by atomic mass is 9.90. The van der Waals surface area contributed by atoms with Gasteiger partial charge in [-0.05, 0) is 35.2 Å². The number of aromatic amines is 1. The highest BCUT2D eigenvalue weighted by Crippen LogP contribution is 2.29. The monoisotopic (exact) mass is 378 g/mol. The van der Waals surface area contributed by atoms with Gasteiger partial charge in [0.2, 0.25) is 0 Å². The average Bonchev–Trinajstić information content (AvgIpc) is 2.89. The van der Waals surface area contributed by atoms with E-state index in [0.29, 0.717) is 28.3 Å². The molecule has 0 aliphatic carbocycles. The molecule has 0 aliphatic heterocycles. The van der Waals surface area contributed by atoms with Crippen molar-refractivity contribution in [2.24, 2.45) is 11.7 Å². The Labute approximate surface area is 145 Å². The zero-order valence-electron chi connectivity index (χ0n) is 13.7. The molecule has 5 nitrogen and oxygen atoms in total. The van der Waals surface area contributed by atoms with E-state index >= 15 is 0 Å². The normalized spacial score (nSPS) is 13.8. The van der Waals surface area contributed by atoms with Gasteiger partial charge in [0.1, 0.15) is 11.4 Å². The molecule has 0 spiro atoms. The Hall–Kier alpha value is -1.66. The number of halogens is 1. The van der Waals surface area contributed by atoms with Crippen molar-refractivity contribution in [2.45, 2.75) is 32.7 Å². The van der Waals surface area contributed by atoms with Crippen molar-refractivity contribution in [3.8, 4) is 11.3 Å². The van der Waals surface area contributed by atoms with Crippen molar-refractivity contribution in [2.75, 3.05) is 6.54 Å². The van der Waals surface area contributed by atoms with Crippen molar-refractivity contribution < 1.29 is 4.79 Å². The summed E-state index contributed by atoms with van der Waals surface area (Å²) in [6.07, 6.45) is 0.812. The van der Waals surface area contributed by atoms with Gasteiger partial charge in [-0.15, -0.1) is 0 Å². The summed E-state index contributed by atoms with van der Waals surface area (Å²) < 4.78 is 0.658. The van der Waals surface area contributed by atoms with E-state index in [1.807, 2.05) is 37.3 Å². The first-order chi connectivity index (χ1) is 10.9. The minimum absolute atomic E-state index is 0.208. The molecule has 0 radical (unpaired) electrons. The number of carbonyl (C=O) groups is 1. The quantitative estimate of drug-likeness (QED) is 0.720. The molecule has 0 saturated carbocycles. The van der Waals surface area contributed by atoms with Crippen molar-refractivity contribution >= 4 is 21.8 Å². The zero-order valence-corrected chi connectivity index (χ0v) is 15.3. The number of aromatic nitrogens is 2. The van der Waals surface area contributed by atoms with Crippen LogP contribution in [0.2, 0.25) is 0 Å². The Bertz CT molecular complexity index is 668. The molecule has 0 fully saturated rings. The summed E-state index contributed by atoms with van der Waals surface area (Å²) >= 11 is 3.48. The molecule has 1 heterocycles. The number of rotatable bonds is 6. The maximum absolute atomic E-state index is 12.6. The maximum atomic E-state index is 12.6. The molecule has 0 bridgehead atoms. The number of amides is 1. The number of benzene rings is 1. The van der Waals surface area contributed by atoms with Crippen LogP contribution in [-0.2, 0) is 0 Å². The molecule has 2 rings (SSSR count). The molecule has 124 valence electrons. The lowest BCUT2D eigenvalue weighted by molar-refractivity contribution is 0.0892. The number of carbonyl (C=O) groups excluding carboxylic acids is 1. The van der Waals surface area contributed by atoms with Gasteiger partial charge in [0, 0.05) is 12.1 Å². The Balaban J connectivity index is 2.22. The van der Waals surface area contributed by atoms with E-state index in [1.54, 1.807) is 0 Å². The second kappa shape index (κ2) is 7.27. The molecule has 1 aromatic heterocycles. The molecule has 6 heteroatoms. The number of hydrogen-bond acceptors (Lipinski definition) is 3. The van der Waals surface area contributed by atoms with Crippen LogP contribution in [0, 0.1) is 5.92 Å². The predicted octanol–water partition coefficient (Wildman–Crippen LogP) is 3.33. The topological polar surface area (TPSA) is 83.8 Å². The van der Waals surface area contributed by atoms with Crippen LogP contribution in [-0.4, -0.2) is 28.2 Å². The summed E-state index contributed by atoms with van der Waals surface area (Å²) in [6, 6.07) is 9.71. The third-order valence-corrected chi connectivity index (χ3v) is 4.48. The van der Waals surface area contributed by atoms with Gasteiger partial charge < -0.3 is 11.1 Å². The van der Waals surface area contributed by atoms with E-state index in [-0.39, 0.29) is 5.91 Å². The smallest absolute Gasteiger partial charge is 0.270 e. The van der Waals surface area contributed by atoms with E-state index in [0.717, 1.165) is 12.0 Å². The summed E-state index contributed by atoms with van der Waals surface area (Å²) in [6.45, 7) is 6.57. The van der Waals surface area contributed by atoms with E-state index < -0.39 is 5.54 Å². The first kappa shape index (κ1) is 17.7. The lowest BCUT2D eigenvalue weighted by Crippen LogP contribution is -2.52. The van der Waals surface area contributed by atoms with E-state index in [1.165, 1.54) is 0 Å². The molecule has 1 atom stereocenters. The van der Waals surface area contributed by atoms with Gasteiger partial charge in [0.25, 0.3) is 5.91 Å². The van der Waals surface area contributed by atoms with Crippen LogP contribution >= 0.6 is 15.9 Å². The molecule has 0 aliphatic rings. The van der Waals surface area contributed by atoms with Crippen molar-refractivity contribution in [1.29, 1.82) is 0 Å². The highest BCUT2D eigenvalue weighted by molar-refractivity contribution is 9.10. The summed E-state index contributed by atoms with van der Waals surface area (Å²) in [5.74, 6) is 0.231. The maximum Gasteiger partial charge on any atom is 0.270 e. The highest BCUT2D eigenvalue weighted by Gasteiger charge is 2.28. The van der Waals surface area contributed by atoms with Crippen LogP contribution in [0.15, 0.2) is 34.8 Å². The number of nitrogens with zero attached hydrogens (tertiary/aromatic N) is 1. The fourth-order valence-electron chi connectivity index (χ4n) is 2.69. The van der Waals surface area contributed by atoms with Crippen molar-refractivity contribution in [3.05, 3.63) is 40.5 Å². The van der Waals surface area contributed by atoms with E-state index in [2.05, 4.69) is 45.3 Å². The number of H-pyrrole nitrogens is 1. The molecular weight excluding hydrogens is 356 g/mol. The Kier molecular flexibility index (Phi) is 5.59. The first-order valence-corrected chi connectivity index (χ1v) is 8.47. The molecule has 4 N–H and O–H groups in total. The van der Waals surface area contributed by atoms with Gasteiger partial charge in [-0.2, -0.15) is 5.10 Å². The Morgan fingerprint density at radius 1 is 1.39 bits per heavy atom. The zero-order chi connectivity index (χ0) is 17.0. The summed E-state index contributed by atoms with van der Waals surface area (Å²) in [7, 11) is 0. The molecule has 2 aromatic rings. The van der Waals surface area contributed by atoms with Crippen LogP contribution in [0.4, 0.5) is 0 Å². The van der Waals surface area contributed by atoms with Crippen molar-refractivity contribution in [3.63, 3.8) is 0 Å². The van der Waals surface area contributed by atoms with E-state index in [9.17, 15) is 4.79 Å². The predicted molar refractivity (Wildman–Crippen MR) is 96.1 cm³/mol. The average molecular weight is 379 g/mol. The second-order valence-corrected chi connectivity index (χ2v) is 7.24. The first-order valence-electron chi connectivity index (χ1n) is 7.68. The van der Waals surface area contributed by atoms with Crippen LogP contribution < -0.4 is 11.1 Å². The lowest BCUT2D eigenvalue weighted by Gasteiger charge is -2.31. The fourth-order valence-corrected chi connectivity index (χ4v) is 3.28. The molecule has 1 amide bonds. The standard InChI is InChI=1S/C17H23BrN4O/c1-11(2)9-17(3,10-19)20-16(23)15-13(18)14(21-22-15)12-7-5-4-6-8-12/h4-8,11H,9-10,19H2,1-3H3,(H,20,23)(H,21,22). The van der Waals surface area contributed by atoms with Gasteiger partial charge in [-0.1, -0.05) is 44.2 Å². The van der Waals surface area contributed by atoms with Crippen molar-refractivity contribution in [1.82, 2.24) is 15.5 Å². The van der Waals surface area contributed by atoms with Gasteiger partial charge in [-0.3, -0.25) is 9.89 Å². The van der Waals surface area contributed by atoms with Gasteiger partial charge in [0.05, 0.1) is 10.0 Å². The second-order valence-electron chi connectivity index (χ2n) is 6.44. The van der Waals surface area contributed by atoms with Gasteiger partial charge in [0.15, 0.2) is 0 Å². The summed E-state index contributed by atoms with van der Waals surface area (Å²) in [5, 5.41) is 10.1. The fraction of sp³-hybridized carbons (Fsp3) is 0.412. The molecule has 23 heavy (non-hydrogen) atoms. The Morgan fingerprint density at radius 3 is 2.61 bits per heavy atom.